The van der Waals surface area contributed by atoms with E-state index in [1.54, 1.807) is 0 Å². The fraction of sp³-hybridized carbons (Fsp3) is 0.250. The molecule has 0 radical (unpaired) electrons. The molecule has 0 atom stereocenters. The van der Waals surface area contributed by atoms with E-state index in [1.165, 1.54) is 0 Å². The van der Waals surface area contributed by atoms with Crippen molar-refractivity contribution in [2.24, 2.45) is 0 Å². The Balaban J connectivity index is 4.94. The highest BCUT2D eigenvalue weighted by molar-refractivity contribution is 5.34. The molecule has 0 spiro atoms. The maximum Gasteiger partial charge on any atom is 0.416 e. The first-order valence-electron chi connectivity index (χ1n) is 3.04. The minimum atomic E-state index is -4.57. The third-order valence-electron chi connectivity index (χ3n) is 1.07. The van der Waals surface area contributed by atoms with Crippen molar-refractivity contribution in [3.8, 4) is 0 Å². The lowest BCUT2D eigenvalue weighted by atomic mass is 10.1. The molecule has 0 saturated carbocycles. The molecule has 68 valence electrons. The van der Waals surface area contributed by atoms with Crippen LogP contribution in [-0.4, -0.2) is 6.18 Å². The highest BCUT2D eigenvalue weighted by Crippen LogP contribution is 2.31. The van der Waals surface area contributed by atoms with Crippen LogP contribution >= 0.6 is 0 Å². The molecule has 0 saturated heterocycles. The highest BCUT2D eigenvalue weighted by Gasteiger charge is 2.33. The molecule has 0 unspecified atom stereocenters. The Hall–Kier alpha value is -1.06. The van der Waals surface area contributed by atoms with E-state index in [4.69, 9.17) is 0 Å². The summed E-state index contributed by atoms with van der Waals surface area (Å²) in [6, 6.07) is 0. The Morgan fingerprint density at radius 3 is 1.75 bits per heavy atom. The molecule has 0 heterocycles. The average molecular weight is 180 g/mol. The zero-order valence-electron chi connectivity index (χ0n) is 6.50. The Kier molecular flexibility index (Phi) is 3.24. The molecule has 0 rings (SSSR count). The second-order valence-electron chi connectivity index (χ2n) is 2.28. The molecule has 0 amide bonds. The number of alkyl halides is 3. The monoisotopic (exact) mass is 180 g/mol. The molecule has 0 fully saturated rings. The summed E-state index contributed by atoms with van der Waals surface area (Å²) in [7, 11) is 0. The fourth-order valence-corrected chi connectivity index (χ4v) is 0.604. The molecule has 0 aliphatic carbocycles. The molecule has 0 aliphatic rings. The quantitative estimate of drug-likeness (QED) is 0.450. The van der Waals surface area contributed by atoms with Crippen LogP contribution in [0.4, 0.5) is 17.6 Å². The van der Waals surface area contributed by atoms with Gasteiger partial charge in [0.25, 0.3) is 0 Å². The van der Waals surface area contributed by atoms with Gasteiger partial charge < -0.3 is 0 Å². The third kappa shape index (κ3) is 3.37. The van der Waals surface area contributed by atoms with E-state index in [1.807, 2.05) is 0 Å². The van der Waals surface area contributed by atoms with E-state index in [0.29, 0.717) is 6.08 Å². The van der Waals surface area contributed by atoms with Crippen LogP contribution in [0.25, 0.3) is 0 Å². The van der Waals surface area contributed by atoms with Gasteiger partial charge in [-0.1, -0.05) is 13.2 Å². The van der Waals surface area contributed by atoms with E-state index in [-0.39, 0.29) is 5.57 Å². The van der Waals surface area contributed by atoms with Gasteiger partial charge in [-0.2, -0.15) is 13.2 Å². The van der Waals surface area contributed by atoms with E-state index >= 15 is 0 Å². The van der Waals surface area contributed by atoms with Gasteiger partial charge in [0.05, 0.1) is 5.57 Å². The lowest BCUT2D eigenvalue weighted by molar-refractivity contribution is -0.0893. The van der Waals surface area contributed by atoms with Gasteiger partial charge in [-0.15, -0.1) is 0 Å². The van der Waals surface area contributed by atoms with Crippen molar-refractivity contribution in [1.29, 1.82) is 0 Å². The zero-order chi connectivity index (χ0) is 9.94. The van der Waals surface area contributed by atoms with Crippen LogP contribution in [0.5, 0.6) is 0 Å². The maximum absolute atomic E-state index is 12.0. The van der Waals surface area contributed by atoms with Crippen LogP contribution in [0.15, 0.2) is 36.2 Å². The van der Waals surface area contributed by atoms with Crippen LogP contribution in [0.2, 0.25) is 0 Å². The van der Waals surface area contributed by atoms with Gasteiger partial charge in [0.2, 0.25) is 0 Å². The fourth-order valence-electron chi connectivity index (χ4n) is 0.604. The van der Waals surface area contributed by atoms with Gasteiger partial charge in [0, 0.05) is 0 Å². The molecule has 12 heavy (non-hydrogen) atoms. The van der Waals surface area contributed by atoms with Crippen molar-refractivity contribution in [3.05, 3.63) is 36.2 Å². The molecule has 0 bridgehead atoms. The van der Waals surface area contributed by atoms with Crippen LogP contribution in [0, 0.1) is 0 Å². The van der Waals surface area contributed by atoms with E-state index in [9.17, 15) is 17.6 Å². The molecule has 0 aromatic carbocycles. The molecule has 0 N–H and O–H groups in total. The van der Waals surface area contributed by atoms with Gasteiger partial charge in [-0.3, -0.25) is 0 Å². The SMILES string of the molecule is C=C(F)/C=C(\C(=C)C)C(F)(F)F. The first kappa shape index (κ1) is 10.9. The second kappa shape index (κ2) is 3.56. The number of rotatable bonds is 2. The lowest BCUT2D eigenvalue weighted by Crippen LogP contribution is -2.12. The largest absolute Gasteiger partial charge is 0.416 e. The van der Waals surface area contributed by atoms with Crippen LogP contribution < -0.4 is 0 Å². The molecule has 4 heteroatoms. The number of allylic oxidation sites excluding steroid dienone is 4. The summed E-state index contributed by atoms with van der Waals surface area (Å²) in [5, 5.41) is 0. The summed E-state index contributed by atoms with van der Waals surface area (Å²) in [6.07, 6.45) is -4.25. The summed E-state index contributed by atoms with van der Waals surface area (Å²) >= 11 is 0. The molecule has 0 aromatic heterocycles. The Bertz CT molecular complexity index is 232. The zero-order valence-corrected chi connectivity index (χ0v) is 6.50. The summed E-state index contributed by atoms with van der Waals surface area (Å²) < 4.78 is 48.0. The predicted molar refractivity (Wildman–Crippen MR) is 39.2 cm³/mol. The molecular weight excluding hydrogens is 172 g/mol. The summed E-state index contributed by atoms with van der Waals surface area (Å²) in [6.45, 7) is 6.94. The van der Waals surface area contributed by atoms with Gasteiger partial charge in [0.1, 0.15) is 5.83 Å². The number of hydrogen-bond acceptors (Lipinski definition) is 0. The predicted octanol–water partition coefficient (Wildman–Crippen LogP) is 3.53. The first-order valence-corrected chi connectivity index (χ1v) is 3.04. The maximum atomic E-state index is 12.0. The molecule has 0 aliphatic heterocycles. The number of hydrogen-bond donors (Lipinski definition) is 0. The van der Waals surface area contributed by atoms with Crippen molar-refractivity contribution in [2.45, 2.75) is 13.1 Å². The Morgan fingerprint density at radius 1 is 1.25 bits per heavy atom. The van der Waals surface area contributed by atoms with E-state index < -0.39 is 17.6 Å². The van der Waals surface area contributed by atoms with Gasteiger partial charge in [-0.05, 0) is 18.6 Å². The van der Waals surface area contributed by atoms with Crippen molar-refractivity contribution in [1.82, 2.24) is 0 Å². The normalized spacial score (nSPS) is 12.9. The summed E-state index contributed by atoms with van der Waals surface area (Å²) in [5.41, 5.74) is -1.32. The standard InChI is InChI=1S/C8H8F4/c1-5(2)7(4-6(3)9)8(10,11)12/h4H,1,3H2,2H3/b7-4+. The first-order chi connectivity index (χ1) is 5.25. The van der Waals surface area contributed by atoms with Gasteiger partial charge in [-0.25, -0.2) is 4.39 Å². The second-order valence-corrected chi connectivity index (χ2v) is 2.28. The molecule has 0 aromatic rings. The summed E-state index contributed by atoms with van der Waals surface area (Å²) in [4.78, 5) is 0. The van der Waals surface area contributed by atoms with Crippen LogP contribution in [0.1, 0.15) is 6.92 Å². The van der Waals surface area contributed by atoms with Crippen molar-refractivity contribution < 1.29 is 17.6 Å². The van der Waals surface area contributed by atoms with E-state index in [2.05, 4.69) is 13.2 Å². The minimum Gasteiger partial charge on any atom is -0.208 e. The summed E-state index contributed by atoms with van der Waals surface area (Å²) in [5.74, 6) is -1.13. The highest BCUT2D eigenvalue weighted by atomic mass is 19.4. The smallest absolute Gasteiger partial charge is 0.208 e. The molecule has 0 nitrogen and oxygen atoms in total. The van der Waals surface area contributed by atoms with Crippen molar-refractivity contribution >= 4 is 0 Å². The number of halogens is 4. The van der Waals surface area contributed by atoms with Crippen molar-refractivity contribution in [3.63, 3.8) is 0 Å². The topological polar surface area (TPSA) is 0 Å². The van der Waals surface area contributed by atoms with Crippen molar-refractivity contribution in [2.75, 3.05) is 0 Å². The molecular formula is C8H8F4. The van der Waals surface area contributed by atoms with Gasteiger partial charge in [0.15, 0.2) is 0 Å². The van der Waals surface area contributed by atoms with Crippen LogP contribution in [0.3, 0.4) is 0 Å². The average Bonchev–Trinajstić information content (AvgIpc) is 1.79. The minimum absolute atomic E-state index is 0.235. The third-order valence-corrected chi connectivity index (χ3v) is 1.07. The van der Waals surface area contributed by atoms with Crippen LogP contribution in [-0.2, 0) is 0 Å². The van der Waals surface area contributed by atoms with Gasteiger partial charge >= 0.3 is 6.18 Å². The van der Waals surface area contributed by atoms with E-state index in [0.717, 1.165) is 6.92 Å². The Morgan fingerprint density at radius 2 is 1.67 bits per heavy atom. The lowest BCUT2D eigenvalue weighted by Gasteiger charge is -2.10. The Labute approximate surface area is 67.9 Å².